The molecule has 4 atom stereocenters. The molecule has 3 amide bonds. The lowest BCUT2D eigenvalue weighted by atomic mass is 10.0. The summed E-state index contributed by atoms with van der Waals surface area (Å²) in [4.78, 5) is 30.6. The molecule has 0 saturated heterocycles. The number of likely N-dealkylation sites (N-methyl/N-ethyl adjacent to an activating group) is 1. The first-order valence-corrected chi connectivity index (χ1v) is 14.0. The zero-order valence-electron chi connectivity index (χ0n) is 24.8. The molecule has 3 rings (SSSR count). The highest BCUT2D eigenvalue weighted by Crippen LogP contribution is 2.29. The van der Waals surface area contributed by atoms with Gasteiger partial charge in [0.2, 0.25) is 0 Å². The number of carbonyl (C=O) groups excluding carboxylic acids is 2. The van der Waals surface area contributed by atoms with Gasteiger partial charge in [0, 0.05) is 31.3 Å². The lowest BCUT2D eigenvalue weighted by molar-refractivity contribution is -0.0137. The van der Waals surface area contributed by atoms with Crippen molar-refractivity contribution in [1.29, 1.82) is 0 Å². The number of hydrogen-bond donors (Lipinski definition) is 3. The van der Waals surface area contributed by atoms with Crippen LogP contribution in [0.1, 0.15) is 61.8 Å². The van der Waals surface area contributed by atoms with E-state index in [0.29, 0.717) is 47.3 Å². The Balaban J connectivity index is 1.94. The van der Waals surface area contributed by atoms with Gasteiger partial charge in [-0.3, -0.25) is 4.79 Å². The first-order valence-electron chi connectivity index (χ1n) is 14.0. The van der Waals surface area contributed by atoms with Gasteiger partial charge in [0.1, 0.15) is 17.1 Å². The van der Waals surface area contributed by atoms with Crippen molar-refractivity contribution in [2.24, 2.45) is 5.92 Å². The van der Waals surface area contributed by atoms with Crippen molar-refractivity contribution in [3.63, 3.8) is 0 Å². The van der Waals surface area contributed by atoms with Gasteiger partial charge in [-0.15, -0.1) is 0 Å². The third kappa shape index (κ3) is 8.42. The van der Waals surface area contributed by atoms with Crippen LogP contribution in [0.2, 0.25) is 0 Å². The molecule has 2 aromatic rings. The van der Waals surface area contributed by atoms with E-state index in [4.69, 9.17) is 14.0 Å². The van der Waals surface area contributed by atoms with Crippen molar-refractivity contribution in [1.82, 2.24) is 15.0 Å². The van der Waals surface area contributed by atoms with Gasteiger partial charge < -0.3 is 39.5 Å². The van der Waals surface area contributed by atoms with Crippen LogP contribution in [-0.2, 0) is 4.74 Å². The second kappa shape index (κ2) is 14.5. The van der Waals surface area contributed by atoms with Gasteiger partial charge >= 0.3 is 6.03 Å². The third-order valence-electron chi connectivity index (χ3n) is 7.13. The van der Waals surface area contributed by atoms with Crippen LogP contribution >= 0.6 is 0 Å². The van der Waals surface area contributed by atoms with E-state index in [-0.39, 0.29) is 30.6 Å². The number of ether oxygens (including phenoxy) is 2. The molecule has 11 heteroatoms. The predicted octanol–water partition coefficient (Wildman–Crippen LogP) is 4.29. The minimum absolute atomic E-state index is 0.00807. The molecular formula is C29H45N5O6. The normalized spacial score (nSPS) is 21.8. The Hall–Kier alpha value is -3.15. The molecule has 1 aromatic heterocycles. The summed E-state index contributed by atoms with van der Waals surface area (Å²) in [5.74, 6) is 0.656. The molecule has 0 fully saturated rings. The Morgan fingerprint density at radius 3 is 2.62 bits per heavy atom. The molecule has 0 aliphatic carbocycles. The van der Waals surface area contributed by atoms with Crippen molar-refractivity contribution in [2.45, 2.75) is 72.1 Å². The lowest BCUT2D eigenvalue weighted by Gasteiger charge is -2.35. The van der Waals surface area contributed by atoms with E-state index in [1.165, 1.54) is 0 Å². The van der Waals surface area contributed by atoms with Crippen LogP contribution in [0.4, 0.5) is 16.2 Å². The number of benzene rings is 1. The van der Waals surface area contributed by atoms with Gasteiger partial charge in [-0.25, -0.2) is 4.79 Å². The van der Waals surface area contributed by atoms with Crippen molar-refractivity contribution in [3.8, 4) is 5.75 Å². The zero-order valence-corrected chi connectivity index (χ0v) is 24.8. The summed E-state index contributed by atoms with van der Waals surface area (Å²) in [5.41, 5.74) is 1.80. The van der Waals surface area contributed by atoms with Crippen LogP contribution < -0.4 is 15.4 Å². The number of aromatic nitrogens is 1. The number of hydrogen-bond acceptors (Lipinski definition) is 8. The van der Waals surface area contributed by atoms with Gasteiger partial charge in [-0.1, -0.05) is 12.1 Å². The lowest BCUT2D eigenvalue weighted by Crippen LogP contribution is -2.47. The first kappa shape index (κ1) is 31.4. The molecule has 1 aliphatic rings. The van der Waals surface area contributed by atoms with Gasteiger partial charge in [-0.2, -0.15) is 0 Å². The van der Waals surface area contributed by atoms with E-state index >= 15 is 0 Å². The molecule has 222 valence electrons. The Morgan fingerprint density at radius 2 is 1.98 bits per heavy atom. The van der Waals surface area contributed by atoms with Gasteiger partial charge in [0.05, 0.1) is 30.4 Å². The van der Waals surface area contributed by atoms with Crippen LogP contribution in [0, 0.1) is 19.8 Å². The number of amides is 3. The number of aliphatic hydroxyl groups excluding tert-OH is 1. The van der Waals surface area contributed by atoms with E-state index in [9.17, 15) is 14.7 Å². The maximum Gasteiger partial charge on any atom is 0.323 e. The van der Waals surface area contributed by atoms with Crippen LogP contribution in [-0.4, -0.2) is 90.6 Å². The molecule has 1 aliphatic heterocycles. The maximum absolute atomic E-state index is 14.1. The summed E-state index contributed by atoms with van der Waals surface area (Å²) in [6.07, 6.45) is 2.45. The predicted molar refractivity (Wildman–Crippen MR) is 154 cm³/mol. The average Bonchev–Trinajstić information content (AvgIpc) is 3.22. The molecule has 1 aromatic carbocycles. The van der Waals surface area contributed by atoms with Crippen molar-refractivity contribution < 1.29 is 28.7 Å². The Labute approximate surface area is 237 Å². The largest absolute Gasteiger partial charge is 0.490 e. The number of aryl methyl sites for hydroxylation is 2. The molecule has 0 bridgehead atoms. The van der Waals surface area contributed by atoms with Crippen molar-refractivity contribution in [3.05, 3.63) is 35.2 Å². The summed E-state index contributed by atoms with van der Waals surface area (Å²) >= 11 is 0. The highest BCUT2D eigenvalue weighted by atomic mass is 16.5. The van der Waals surface area contributed by atoms with E-state index < -0.39 is 12.1 Å². The minimum atomic E-state index is -0.491. The summed E-state index contributed by atoms with van der Waals surface area (Å²) in [7, 11) is 4.01. The van der Waals surface area contributed by atoms with Crippen LogP contribution in [0.25, 0.3) is 0 Å². The monoisotopic (exact) mass is 559 g/mol. The van der Waals surface area contributed by atoms with E-state index in [0.717, 1.165) is 25.8 Å². The molecule has 11 nitrogen and oxygen atoms in total. The van der Waals surface area contributed by atoms with Crippen LogP contribution in [0.3, 0.4) is 0 Å². The van der Waals surface area contributed by atoms with E-state index in [1.54, 1.807) is 36.9 Å². The quantitative estimate of drug-likeness (QED) is 0.478. The highest BCUT2D eigenvalue weighted by Gasteiger charge is 2.30. The number of aliphatic hydroxyl groups is 1. The SMILES string of the molecule is Cc1noc(C)c1NC(=O)Nc1ccc2c(c1)C(=O)N([C@@H](C)CO)C[C@H](C)[C@@H](CN(C)C)OCCCC[C@@H](C)O2. The Morgan fingerprint density at radius 1 is 1.23 bits per heavy atom. The maximum atomic E-state index is 14.1. The number of carbonyl (C=O) groups is 2. The number of nitrogens with one attached hydrogen (secondary N) is 2. The molecule has 2 heterocycles. The average molecular weight is 560 g/mol. The number of rotatable bonds is 6. The summed E-state index contributed by atoms with van der Waals surface area (Å²) in [6, 6.07) is 4.11. The number of nitrogens with zero attached hydrogens (tertiary/aromatic N) is 3. The first-order chi connectivity index (χ1) is 19.0. The van der Waals surface area contributed by atoms with Crippen LogP contribution in [0.15, 0.2) is 22.7 Å². The molecule has 40 heavy (non-hydrogen) atoms. The highest BCUT2D eigenvalue weighted by molar-refractivity contribution is 6.03. The van der Waals surface area contributed by atoms with E-state index in [2.05, 4.69) is 27.6 Å². The molecule has 0 saturated carbocycles. The summed E-state index contributed by atoms with van der Waals surface area (Å²) in [5, 5.41) is 19.5. The van der Waals surface area contributed by atoms with Crippen molar-refractivity contribution >= 4 is 23.3 Å². The molecule has 0 radical (unpaired) electrons. The zero-order chi connectivity index (χ0) is 29.4. The van der Waals surface area contributed by atoms with Gasteiger partial charge in [0.15, 0.2) is 5.76 Å². The second-order valence-corrected chi connectivity index (χ2v) is 11.1. The molecule has 3 N–H and O–H groups in total. The second-order valence-electron chi connectivity index (χ2n) is 11.1. The van der Waals surface area contributed by atoms with E-state index in [1.807, 2.05) is 27.9 Å². The number of anilines is 2. The fourth-order valence-electron chi connectivity index (χ4n) is 4.76. The number of fused-ring (bicyclic) bond motifs is 1. The summed E-state index contributed by atoms with van der Waals surface area (Å²) < 4.78 is 17.6. The standard InChI is InChI=1S/C29H45N5O6/c1-18-15-34(19(2)17-35)28(36)24-14-23(30-29(37)31-27-21(4)32-40-22(27)5)11-12-25(24)39-20(3)10-8-9-13-38-26(18)16-33(6)7/h11-12,14,18-20,26,35H,8-10,13,15-17H2,1-7H3,(H2,30,31,37)/t18-,19-,20+,26+/m0/s1. The smallest absolute Gasteiger partial charge is 0.323 e. The topological polar surface area (TPSA) is 129 Å². The molecular weight excluding hydrogens is 514 g/mol. The van der Waals surface area contributed by atoms with Crippen molar-refractivity contribution in [2.75, 3.05) is 51.0 Å². The Kier molecular flexibility index (Phi) is 11.4. The fourth-order valence-corrected chi connectivity index (χ4v) is 4.76. The van der Waals surface area contributed by atoms with Crippen LogP contribution in [0.5, 0.6) is 5.75 Å². The Bertz CT molecular complexity index is 1120. The fraction of sp³-hybridized carbons (Fsp3) is 0.621. The van der Waals surface area contributed by atoms with Gasteiger partial charge in [0.25, 0.3) is 5.91 Å². The molecule has 0 unspecified atom stereocenters. The third-order valence-corrected chi connectivity index (χ3v) is 7.13. The molecule has 0 spiro atoms. The summed E-state index contributed by atoms with van der Waals surface area (Å²) in [6.45, 7) is 10.9. The number of urea groups is 1. The van der Waals surface area contributed by atoms with Gasteiger partial charge in [-0.05, 0) is 79.3 Å². The minimum Gasteiger partial charge on any atom is -0.490 e.